The van der Waals surface area contributed by atoms with Crippen molar-refractivity contribution in [2.75, 3.05) is 13.7 Å². The van der Waals surface area contributed by atoms with Gasteiger partial charge in [0.15, 0.2) is 0 Å². The maximum Gasteiger partial charge on any atom is 0.339 e. The van der Waals surface area contributed by atoms with Crippen molar-refractivity contribution in [2.45, 2.75) is 37.7 Å². The second-order valence-electron chi connectivity index (χ2n) is 5.24. The van der Waals surface area contributed by atoms with Crippen LogP contribution in [0.4, 0.5) is 0 Å². The Morgan fingerprint density at radius 1 is 1.30 bits per heavy atom. The number of rotatable bonds is 5. The van der Waals surface area contributed by atoms with Crippen LogP contribution in [0, 0.1) is 0 Å². The fraction of sp³-hybridized carbons (Fsp3) is 0.533. The molecule has 0 saturated heterocycles. The lowest BCUT2D eigenvalue weighted by Crippen LogP contribution is -2.38. The van der Waals surface area contributed by atoms with Crippen LogP contribution < -0.4 is 9.47 Å². The number of hydrogen-bond acceptors (Lipinski definition) is 4. The molecule has 110 valence electrons. The van der Waals surface area contributed by atoms with Crippen LogP contribution in [0.3, 0.4) is 0 Å². The maximum atomic E-state index is 11.2. The van der Waals surface area contributed by atoms with E-state index in [0.29, 0.717) is 18.6 Å². The molecule has 5 nitrogen and oxygen atoms in total. The molecular weight excluding hydrogens is 260 g/mol. The lowest BCUT2D eigenvalue weighted by atomic mass is 9.85. The van der Waals surface area contributed by atoms with Crippen molar-refractivity contribution >= 4 is 5.97 Å². The number of carboxylic acid groups (broad SMARTS) is 1. The average molecular weight is 280 g/mol. The largest absolute Gasteiger partial charge is 0.497 e. The van der Waals surface area contributed by atoms with Crippen LogP contribution in [0.25, 0.3) is 0 Å². The summed E-state index contributed by atoms with van der Waals surface area (Å²) in [4.78, 5) is 11.2. The van der Waals surface area contributed by atoms with Crippen LogP contribution in [-0.4, -0.2) is 35.5 Å². The highest BCUT2D eigenvalue weighted by molar-refractivity contribution is 5.91. The first-order valence-electron chi connectivity index (χ1n) is 6.81. The molecule has 0 bridgehead atoms. The minimum atomic E-state index is -1.06. The minimum absolute atomic E-state index is 0.0743. The highest BCUT2D eigenvalue weighted by atomic mass is 16.5. The van der Waals surface area contributed by atoms with Crippen LogP contribution in [0.2, 0.25) is 0 Å². The highest BCUT2D eigenvalue weighted by Crippen LogP contribution is 2.31. The van der Waals surface area contributed by atoms with Gasteiger partial charge in [-0.2, -0.15) is 0 Å². The predicted molar refractivity (Wildman–Crippen MR) is 73.5 cm³/mol. The highest BCUT2D eigenvalue weighted by Gasteiger charge is 2.30. The summed E-state index contributed by atoms with van der Waals surface area (Å²) in [5, 5.41) is 19.5. The third-order valence-electron chi connectivity index (χ3n) is 3.70. The van der Waals surface area contributed by atoms with E-state index >= 15 is 0 Å². The van der Waals surface area contributed by atoms with E-state index in [2.05, 4.69) is 0 Å². The molecule has 1 saturated carbocycles. The smallest absolute Gasteiger partial charge is 0.339 e. The van der Waals surface area contributed by atoms with Crippen LogP contribution >= 0.6 is 0 Å². The Bertz CT molecular complexity index is 477. The van der Waals surface area contributed by atoms with Gasteiger partial charge in [0.05, 0.1) is 12.7 Å². The van der Waals surface area contributed by atoms with E-state index in [4.69, 9.17) is 14.6 Å². The fourth-order valence-electron chi connectivity index (χ4n) is 2.49. The third-order valence-corrected chi connectivity index (χ3v) is 3.70. The molecule has 0 atom stereocenters. The van der Waals surface area contributed by atoms with Crippen molar-refractivity contribution in [3.05, 3.63) is 23.8 Å². The Morgan fingerprint density at radius 2 is 2.00 bits per heavy atom. The van der Waals surface area contributed by atoms with Crippen LogP contribution in [0.5, 0.6) is 11.5 Å². The number of methoxy groups -OCH3 is 1. The standard InChI is InChI=1S/C15H20O5/c1-19-11-5-6-12(14(16)17)13(9-11)20-10-15(18)7-3-2-4-8-15/h5-6,9,18H,2-4,7-8,10H2,1H3,(H,16,17). The maximum absolute atomic E-state index is 11.2. The van der Waals surface area contributed by atoms with Crippen molar-refractivity contribution in [3.8, 4) is 11.5 Å². The first kappa shape index (κ1) is 14.7. The number of ether oxygens (including phenoxy) is 2. The molecule has 2 rings (SSSR count). The van der Waals surface area contributed by atoms with E-state index in [1.54, 1.807) is 6.07 Å². The van der Waals surface area contributed by atoms with Gasteiger partial charge < -0.3 is 19.7 Å². The van der Waals surface area contributed by atoms with E-state index < -0.39 is 11.6 Å². The number of hydrogen-bond donors (Lipinski definition) is 2. The first-order valence-corrected chi connectivity index (χ1v) is 6.81. The number of aliphatic hydroxyl groups is 1. The molecule has 1 aliphatic rings. The fourth-order valence-corrected chi connectivity index (χ4v) is 2.49. The van der Waals surface area contributed by atoms with Gasteiger partial charge in [-0.1, -0.05) is 19.3 Å². The SMILES string of the molecule is COc1ccc(C(=O)O)c(OCC2(O)CCCCC2)c1. The number of carbonyl (C=O) groups is 1. The van der Waals surface area contributed by atoms with Crippen LogP contribution in [-0.2, 0) is 0 Å². The van der Waals surface area contributed by atoms with Gasteiger partial charge >= 0.3 is 5.97 Å². The molecule has 0 spiro atoms. The molecule has 1 aromatic carbocycles. The molecular formula is C15H20O5. The molecule has 0 amide bonds. The molecule has 5 heteroatoms. The molecule has 1 fully saturated rings. The molecule has 0 heterocycles. The second-order valence-corrected chi connectivity index (χ2v) is 5.24. The summed E-state index contributed by atoms with van der Waals surface area (Å²) in [5.74, 6) is -0.297. The zero-order valence-corrected chi connectivity index (χ0v) is 11.6. The summed E-state index contributed by atoms with van der Waals surface area (Å²) in [6.07, 6.45) is 4.47. The van der Waals surface area contributed by atoms with E-state index in [1.165, 1.54) is 19.2 Å². The van der Waals surface area contributed by atoms with E-state index in [-0.39, 0.29) is 17.9 Å². The minimum Gasteiger partial charge on any atom is -0.497 e. The van der Waals surface area contributed by atoms with Crippen molar-refractivity contribution in [3.63, 3.8) is 0 Å². The molecule has 1 aromatic rings. The predicted octanol–water partition coefficient (Wildman–Crippen LogP) is 2.47. The van der Waals surface area contributed by atoms with Crippen molar-refractivity contribution in [1.29, 1.82) is 0 Å². The van der Waals surface area contributed by atoms with Gasteiger partial charge in [-0.05, 0) is 25.0 Å². The number of benzene rings is 1. The van der Waals surface area contributed by atoms with E-state index in [1.807, 2.05) is 0 Å². The van der Waals surface area contributed by atoms with Crippen LogP contribution in [0.1, 0.15) is 42.5 Å². The average Bonchev–Trinajstić information content (AvgIpc) is 2.45. The Labute approximate surface area is 118 Å². The topological polar surface area (TPSA) is 76.0 Å². The Balaban J connectivity index is 2.12. The Kier molecular flexibility index (Phi) is 4.49. The monoisotopic (exact) mass is 280 g/mol. The Hall–Kier alpha value is -1.75. The quantitative estimate of drug-likeness (QED) is 0.866. The zero-order chi connectivity index (χ0) is 14.6. The summed E-state index contributed by atoms with van der Waals surface area (Å²) in [7, 11) is 1.51. The number of aromatic carboxylic acids is 1. The summed E-state index contributed by atoms with van der Waals surface area (Å²) in [5.41, 5.74) is -0.776. The van der Waals surface area contributed by atoms with Gasteiger partial charge in [0.1, 0.15) is 23.7 Å². The van der Waals surface area contributed by atoms with Gasteiger partial charge in [-0.15, -0.1) is 0 Å². The molecule has 0 aromatic heterocycles. The number of carboxylic acids is 1. The van der Waals surface area contributed by atoms with Crippen molar-refractivity contribution in [1.82, 2.24) is 0 Å². The Morgan fingerprint density at radius 3 is 2.60 bits per heavy atom. The summed E-state index contributed by atoms with van der Waals surface area (Å²) in [6, 6.07) is 4.56. The van der Waals surface area contributed by atoms with E-state index in [9.17, 15) is 9.90 Å². The van der Waals surface area contributed by atoms with Crippen molar-refractivity contribution in [2.24, 2.45) is 0 Å². The molecule has 0 unspecified atom stereocenters. The van der Waals surface area contributed by atoms with Crippen LogP contribution in [0.15, 0.2) is 18.2 Å². The molecule has 0 radical (unpaired) electrons. The van der Waals surface area contributed by atoms with Gasteiger partial charge in [-0.25, -0.2) is 4.79 Å². The van der Waals surface area contributed by atoms with Gasteiger partial charge in [0.2, 0.25) is 0 Å². The summed E-state index contributed by atoms with van der Waals surface area (Å²) in [6.45, 7) is 0.112. The lowest BCUT2D eigenvalue weighted by Gasteiger charge is -2.31. The van der Waals surface area contributed by atoms with Gasteiger partial charge in [0.25, 0.3) is 0 Å². The third kappa shape index (κ3) is 3.42. The lowest BCUT2D eigenvalue weighted by molar-refractivity contribution is -0.0342. The summed E-state index contributed by atoms with van der Waals surface area (Å²) < 4.78 is 10.6. The summed E-state index contributed by atoms with van der Waals surface area (Å²) >= 11 is 0. The van der Waals surface area contributed by atoms with E-state index in [0.717, 1.165) is 19.3 Å². The van der Waals surface area contributed by atoms with Gasteiger partial charge in [0, 0.05) is 6.07 Å². The first-order chi connectivity index (χ1) is 9.54. The zero-order valence-electron chi connectivity index (χ0n) is 11.6. The molecule has 20 heavy (non-hydrogen) atoms. The normalized spacial score (nSPS) is 17.5. The molecule has 1 aliphatic carbocycles. The molecule has 0 aliphatic heterocycles. The molecule has 2 N–H and O–H groups in total. The second kappa shape index (κ2) is 6.13. The van der Waals surface area contributed by atoms with Gasteiger partial charge in [-0.3, -0.25) is 0 Å². The van der Waals surface area contributed by atoms with Crippen molar-refractivity contribution < 1.29 is 24.5 Å².